The summed E-state index contributed by atoms with van der Waals surface area (Å²) in [6.45, 7) is 18.8. The van der Waals surface area contributed by atoms with Crippen LogP contribution in [0.4, 0.5) is 0 Å². The molecule has 122 valence electrons. The summed E-state index contributed by atoms with van der Waals surface area (Å²) in [5, 5.41) is 0. The fourth-order valence-electron chi connectivity index (χ4n) is 1.77. The van der Waals surface area contributed by atoms with Gasteiger partial charge in [-0.25, -0.2) is 8.93 Å². The van der Waals surface area contributed by atoms with Crippen LogP contribution in [0.3, 0.4) is 0 Å². The van der Waals surface area contributed by atoms with Gasteiger partial charge in [-0.05, 0) is 44.2 Å². The SMILES string of the molecule is CC.CCC(C)(C)NS(=O)c1ccc(C)cc1C(C)(C)C. The highest BCUT2D eigenvalue weighted by Gasteiger charge is 2.24. The van der Waals surface area contributed by atoms with Gasteiger partial charge in [0.05, 0.1) is 4.90 Å². The number of aryl methyl sites for hydroxylation is 1. The van der Waals surface area contributed by atoms with Crippen LogP contribution in [-0.4, -0.2) is 9.75 Å². The normalized spacial score (nSPS) is 13.4. The molecule has 0 heterocycles. The van der Waals surface area contributed by atoms with Crippen LogP contribution in [0, 0.1) is 6.92 Å². The Kier molecular flexibility index (Phi) is 7.83. The maximum atomic E-state index is 12.6. The Labute approximate surface area is 134 Å². The first kappa shape index (κ1) is 20.3. The van der Waals surface area contributed by atoms with E-state index in [1.54, 1.807) is 0 Å². The first-order chi connectivity index (χ1) is 9.57. The van der Waals surface area contributed by atoms with Crippen molar-refractivity contribution >= 4 is 11.0 Å². The van der Waals surface area contributed by atoms with E-state index in [2.05, 4.69) is 59.3 Å². The highest BCUT2D eigenvalue weighted by atomic mass is 32.2. The van der Waals surface area contributed by atoms with Crippen LogP contribution >= 0.6 is 0 Å². The number of hydrogen-bond acceptors (Lipinski definition) is 1. The minimum Gasteiger partial charge on any atom is -0.237 e. The molecule has 0 bridgehead atoms. The smallest absolute Gasteiger partial charge is 0.125 e. The molecule has 2 nitrogen and oxygen atoms in total. The van der Waals surface area contributed by atoms with E-state index in [0.29, 0.717) is 0 Å². The number of benzene rings is 1. The molecule has 0 aromatic heterocycles. The second-order valence-electron chi connectivity index (χ2n) is 6.86. The molecule has 1 rings (SSSR count). The van der Waals surface area contributed by atoms with Gasteiger partial charge in [0.15, 0.2) is 0 Å². The van der Waals surface area contributed by atoms with Gasteiger partial charge in [-0.2, -0.15) is 0 Å². The topological polar surface area (TPSA) is 29.1 Å². The van der Waals surface area contributed by atoms with Crippen molar-refractivity contribution in [2.75, 3.05) is 0 Å². The monoisotopic (exact) mass is 311 g/mol. The van der Waals surface area contributed by atoms with Crippen molar-refractivity contribution in [1.29, 1.82) is 0 Å². The summed E-state index contributed by atoms with van der Waals surface area (Å²) >= 11 is 0. The average molecular weight is 312 g/mol. The van der Waals surface area contributed by atoms with Crippen molar-refractivity contribution in [3.63, 3.8) is 0 Å². The van der Waals surface area contributed by atoms with Crippen LogP contribution in [-0.2, 0) is 16.4 Å². The molecule has 0 aliphatic heterocycles. The summed E-state index contributed by atoms with van der Waals surface area (Å²) in [5.41, 5.74) is 2.24. The van der Waals surface area contributed by atoms with E-state index in [9.17, 15) is 4.21 Å². The minimum absolute atomic E-state index is 0.00491. The Bertz CT molecular complexity index is 473. The Morgan fingerprint density at radius 3 is 2.05 bits per heavy atom. The minimum atomic E-state index is -1.17. The lowest BCUT2D eigenvalue weighted by Gasteiger charge is -2.27. The van der Waals surface area contributed by atoms with Gasteiger partial charge in [0.1, 0.15) is 11.0 Å². The van der Waals surface area contributed by atoms with E-state index in [-0.39, 0.29) is 11.0 Å². The van der Waals surface area contributed by atoms with Crippen LogP contribution in [0.1, 0.15) is 72.9 Å². The Morgan fingerprint density at radius 1 is 1.10 bits per heavy atom. The van der Waals surface area contributed by atoms with Crippen molar-refractivity contribution in [2.24, 2.45) is 0 Å². The van der Waals surface area contributed by atoms with E-state index in [4.69, 9.17) is 0 Å². The highest BCUT2D eigenvalue weighted by molar-refractivity contribution is 7.83. The maximum Gasteiger partial charge on any atom is 0.125 e. The van der Waals surface area contributed by atoms with Gasteiger partial charge in [0, 0.05) is 5.54 Å². The molecule has 1 atom stereocenters. The van der Waals surface area contributed by atoms with Gasteiger partial charge in [-0.3, -0.25) is 0 Å². The van der Waals surface area contributed by atoms with Crippen LogP contribution in [0.25, 0.3) is 0 Å². The van der Waals surface area contributed by atoms with Gasteiger partial charge >= 0.3 is 0 Å². The van der Waals surface area contributed by atoms with Gasteiger partial charge < -0.3 is 0 Å². The second kappa shape index (κ2) is 8.09. The summed E-state index contributed by atoms with van der Waals surface area (Å²) in [4.78, 5) is 0.902. The Morgan fingerprint density at radius 2 is 1.62 bits per heavy atom. The summed E-state index contributed by atoms with van der Waals surface area (Å²) < 4.78 is 15.8. The molecule has 1 aromatic carbocycles. The highest BCUT2D eigenvalue weighted by Crippen LogP contribution is 2.29. The summed E-state index contributed by atoms with van der Waals surface area (Å²) in [5.74, 6) is 0. The van der Waals surface area contributed by atoms with Gasteiger partial charge in [-0.15, -0.1) is 0 Å². The van der Waals surface area contributed by atoms with Crippen molar-refractivity contribution in [3.8, 4) is 0 Å². The van der Waals surface area contributed by atoms with Gasteiger partial charge in [-0.1, -0.05) is 59.2 Å². The molecule has 0 saturated carbocycles. The van der Waals surface area contributed by atoms with Crippen molar-refractivity contribution in [1.82, 2.24) is 4.72 Å². The zero-order chi connectivity index (χ0) is 16.8. The molecule has 0 aliphatic rings. The largest absolute Gasteiger partial charge is 0.237 e. The first-order valence-electron chi connectivity index (χ1n) is 7.87. The molecule has 0 amide bonds. The standard InChI is InChI=1S/C16H27NOS.C2H6/c1-8-16(6,7)17-19(18)14-10-9-12(2)11-13(14)15(3,4)5;1-2/h9-11,17H,8H2,1-7H3;1-2H3. The quantitative estimate of drug-likeness (QED) is 0.821. The first-order valence-corrected chi connectivity index (χ1v) is 9.02. The van der Waals surface area contributed by atoms with E-state index in [0.717, 1.165) is 16.9 Å². The van der Waals surface area contributed by atoms with Crippen LogP contribution in [0.5, 0.6) is 0 Å². The van der Waals surface area contributed by atoms with E-state index >= 15 is 0 Å². The molecular formula is C18H33NOS. The molecule has 21 heavy (non-hydrogen) atoms. The van der Waals surface area contributed by atoms with E-state index in [1.165, 1.54) is 5.56 Å². The second-order valence-corrected chi connectivity index (χ2v) is 8.04. The lowest BCUT2D eigenvalue weighted by atomic mass is 9.86. The predicted molar refractivity (Wildman–Crippen MR) is 95.1 cm³/mol. The van der Waals surface area contributed by atoms with Crippen LogP contribution < -0.4 is 4.72 Å². The number of rotatable bonds is 4. The molecule has 3 heteroatoms. The molecule has 0 spiro atoms. The van der Waals surface area contributed by atoms with Crippen LogP contribution in [0.15, 0.2) is 23.1 Å². The number of nitrogens with one attached hydrogen (secondary N) is 1. The van der Waals surface area contributed by atoms with E-state index < -0.39 is 11.0 Å². The van der Waals surface area contributed by atoms with Crippen molar-refractivity contribution in [3.05, 3.63) is 29.3 Å². The van der Waals surface area contributed by atoms with Crippen LogP contribution in [0.2, 0.25) is 0 Å². The zero-order valence-corrected chi connectivity index (χ0v) is 16.1. The summed E-state index contributed by atoms with van der Waals surface area (Å²) in [6, 6.07) is 6.17. The zero-order valence-electron chi connectivity index (χ0n) is 15.3. The fraction of sp³-hybridized carbons (Fsp3) is 0.667. The molecule has 1 aromatic rings. The van der Waals surface area contributed by atoms with E-state index in [1.807, 2.05) is 26.0 Å². The molecule has 0 radical (unpaired) electrons. The predicted octanol–water partition coefficient (Wildman–Crippen LogP) is 5.12. The lowest BCUT2D eigenvalue weighted by molar-refractivity contribution is 0.454. The molecule has 1 N–H and O–H groups in total. The third-order valence-electron chi connectivity index (χ3n) is 3.40. The van der Waals surface area contributed by atoms with Gasteiger partial charge in [0.2, 0.25) is 0 Å². The lowest BCUT2D eigenvalue weighted by Crippen LogP contribution is -2.40. The van der Waals surface area contributed by atoms with Gasteiger partial charge in [0.25, 0.3) is 0 Å². The fourth-order valence-corrected chi connectivity index (χ4v) is 3.28. The third kappa shape index (κ3) is 6.31. The van der Waals surface area contributed by atoms with Crippen molar-refractivity contribution < 1.29 is 4.21 Å². The number of hydrogen-bond donors (Lipinski definition) is 1. The third-order valence-corrected chi connectivity index (χ3v) is 4.89. The molecule has 0 aliphatic carbocycles. The molecular weight excluding hydrogens is 278 g/mol. The Hall–Kier alpha value is -0.670. The maximum absolute atomic E-state index is 12.6. The molecule has 0 saturated heterocycles. The molecule has 1 unspecified atom stereocenters. The average Bonchev–Trinajstić information content (AvgIpc) is 2.39. The van der Waals surface area contributed by atoms with Crippen molar-refractivity contribution in [2.45, 2.75) is 84.6 Å². The summed E-state index contributed by atoms with van der Waals surface area (Å²) in [6.07, 6.45) is 0.940. The molecule has 0 fully saturated rings. The Balaban J connectivity index is 0.00000191. The summed E-state index contributed by atoms with van der Waals surface area (Å²) in [7, 11) is -1.17.